The van der Waals surface area contributed by atoms with Crippen LogP contribution in [0.4, 0.5) is 0 Å². The standard InChI is InChI=1S/C13H19NO4S/c1-14-6-5-10-3-4-12(13(7-10)17-2)18-11-8-19(15,16)9-11/h3-4,7,11,14H,5-6,8-9H2,1-2H3. The molecule has 1 heterocycles. The summed E-state index contributed by atoms with van der Waals surface area (Å²) in [5.74, 6) is 1.45. The van der Waals surface area contributed by atoms with Gasteiger partial charge in [-0.15, -0.1) is 0 Å². The van der Waals surface area contributed by atoms with Gasteiger partial charge in [-0.2, -0.15) is 0 Å². The van der Waals surface area contributed by atoms with Gasteiger partial charge in [0.2, 0.25) is 0 Å². The molecule has 19 heavy (non-hydrogen) atoms. The Morgan fingerprint density at radius 1 is 1.32 bits per heavy atom. The van der Waals surface area contributed by atoms with E-state index >= 15 is 0 Å². The molecule has 0 aliphatic carbocycles. The Labute approximate surface area is 113 Å². The van der Waals surface area contributed by atoms with Crippen LogP contribution in [0.15, 0.2) is 18.2 Å². The molecule has 106 valence electrons. The van der Waals surface area contributed by atoms with Crippen LogP contribution in [0.2, 0.25) is 0 Å². The van der Waals surface area contributed by atoms with Crippen molar-refractivity contribution in [2.75, 3.05) is 32.2 Å². The molecule has 0 saturated carbocycles. The predicted molar refractivity (Wildman–Crippen MR) is 73.7 cm³/mol. The minimum absolute atomic E-state index is 0.0949. The molecular weight excluding hydrogens is 266 g/mol. The predicted octanol–water partition coefficient (Wildman–Crippen LogP) is 0.633. The highest BCUT2D eigenvalue weighted by Gasteiger charge is 2.35. The zero-order chi connectivity index (χ0) is 13.9. The summed E-state index contributed by atoms with van der Waals surface area (Å²) in [5, 5.41) is 3.09. The Kier molecular flexibility index (Phi) is 4.31. The fourth-order valence-corrected chi connectivity index (χ4v) is 3.17. The number of methoxy groups -OCH3 is 1. The van der Waals surface area contributed by atoms with E-state index in [-0.39, 0.29) is 17.6 Å². The van der Waals surface area contributed by atoms with E-state index < -0.39 is 9.84 Å². The van der Waals surface area contributed by atoms with E-state index in [0.29, 0.717) is 11.5 Å². The van der Waals surface area contributed by atoms with Crippen LogP contribution in [-0.4, -0.2) is 46.7 Å². The van der Waals surface area contributed by atoms with Crippen LogP contribution >= 0.6 is 0 Å². The maximum atomic E-state index is 11.1. The molecule has 1 aromatic carbocycles. The summed E-state index contributed by atoms with van der Waals surface area (Å²) in [6.07, 6.45) is 0.660. The molecule has 1 aliphatic heterocycles. The van der Waals surface area contributed by atoms with Crippen LogP contribution in [0.3, 0.4) is 0 Å². The number of benzene rings is 1. The molecule has 0 spiro atoms. The molecule has 2 rings (SSSR count). The highest BCUT2D eigenvalue weighted by atomic mass is 32.2. The van der Waals surface area contributed by atoms with E-state index in [1.54, 1.807) is 7.11 Å². The van der Waals surface area contributed by atoms with Gasteiger partial charge in [-0.05, 0) is 37.7 Å². The monoisotopic (exact) mass is 285 g/mol. The number of rotatable bonds is 6. The molecule has 0 atom stereocenters. The summed E-state index contributed by atoms with van der Waals surface area (Å²) in [6, 6.07) is 5.75. The normalized spacial score (nSPS) is 17.8. The van der Waals surface area contributed by atoms with Gasteiger partial charge in [0.1, 0.15) is 6.10 Å². The van der Waals surface area contributed by atoms with Crippen LogP contribution in [0, 0.1) is 0 Å². The van der Waals surface area contributed by atoms with E-state index in [2.05, 4.69) is 5.32 Å². The Balaban J connectivity index is 2.04. The van der Waals surface area contributed by atoms with Crippen molar-refractivity contribution in [3.05, 3.63) is 23.8 Å². The zero-order valence-corrected chi connectivity index (χ0v) is 12.0. The molecule has 5 nitrogen and oxygen atoms in total. The van der Waals surface area contributed by atoms with Crippen molar-refractivity contribution in [3.8, 4) is 11.5 Å². The number of hydrogen-bond acceptors (Lipinski definition) is 5. The number of hydrogen-bond donors (Lipinski definition) is 1. The molecule has 1 N–H and O–H groups in total. The topological polar surface area (TPSA) is 64.6 Å². The van der Waals surface area contributed by atoms with Crippen molar-refractivity contribution >= 4 is 9.84 Å². The van der Waals surface area contributed by atoms with Crippen molar-refractivity contribution in [3.63, 3.8) is 0 Å². The van der Waals surface area contributed by atoms with E-state index in [0.717, 1.165) is 18.5 Å². The van der Waals surface area contributed by atoms with E-state index in [1.807, 2.05) is 25.2 Å². The summed E-state index contributed by atoms with van der Waals surface area (Å²) >= 11 is 0. The van der Waals surface area contributed by atoms with E-state index in [1.165, 1.54) is 0 Å². The molecule has 1 saturated heterocycles. The van der Waals surface area contributed by atoms with Crippen molar-refractivity contribution < 1.29 is 17.9 Å². The Morgan fingerprint density at radius 3 is 2.63 bits per heavy atom. The molecule has 0 aromatic heterocycles. The van der Waals surface area contributed by atoms with Crippen LogP contribution < -0.4 is 14.8 Å². The molecule has 1 aromatic rings. The summed E-state index contributed by atoms with van der Waals surface area (Å²) in [5.41, 5.74) is 1.15. The van der Waals surface area contributed by atoms with E-state index in [4.69, 9.17) is 9.47 Å². The highest BCUT2D eigenvalue weighted by Crippen LogP contribution is 2.31. The van der Waals surface area contributed by atoms with Gasteiger partial charge in [0.05, 0.1) is 18.6 Å². The maximum absolute atomic E-state index is 11.1. The first-order valence-corrected chi connectivity index (χ1v) is 8.05. The zero-order valence-electron chi connectivity index (χ0n) is 11.2. The molecular formula is C13H19NO4S. The van der Waals surface area contributed by atoms with Crippen LogP contribution in [0.5, 0.6) is 11.5 Å². The number of sulfone groups is 1. The largest absolute Gasteiger partial charge is 0.493 e. The van der Waals surface area contributed by atoms with Gasteiger partial charge in [0.15, 0.2) is 21.3 Å². The van der Waals surface area contributed by atoms with Crippen molar-refractivity contribution in [2.24, 2.45) is 0 Å². The third kappa shape index (κ3) is 3.61. The number of likely N-dealkylation sites (N-methyl/N-ethyl adjacent to an activating group) is 1. The van der Waals surface area contributed by atoms with Crippen LogP contribution in [0.1, 0.15) is 5.56 Å². The molecule has 0 unspecified atom stereocenters. The quantitative estimate of drug-likeness (QED) is 0.830. The highest BCUT2D eigenvalue weighted by molar-refractivity contribution is 7.92. The summed E-state index contributed by atoms with van der Waals surface area (Å²) in [7, 11) is 0.629. The van der Waals surface area contributed by atoms with Gasteiger partial charge in [0.25, 0.3) is 0 Å². The van der Waals surface area contributed by atoms with Gasteiger partial charge in [0, 0.05) is 0 Å². The second kappa shape index (κ2) is 5.79. The summed E-state index contributed by atoms with van der Waals surface area (Å²) in [6.45, 7) is 0.893. The van der Waals surface area contributed by atoms with Gasteiger partial charge in [-0.3, -0.25) is 0 Å². The SMILES string of the molecule is CNCCc1ccc(OC2CS(=O)(=O)C2)c(OC)c1. The lowest BCUT2D eigenvalue weighted by Crippen LogP contribution is -2.45. The molecule has 0 amide bonds. The number of ether oxygens (including phenoxy) is 2. The van der Waals surface area contributed by atoms with Crippen molar-refractivity contribution in [2.45, 2.75) is 12.5 Å². The molecule has 1 fully saturated rings. The Bertz CT molecular complexity index is 530. The second-order valence-electron chi connectivity index (χ2n) is 4.66. The molecule has 0 bridgehead atoms. The Hall–Kier alpha value is -1.27. The first-order chi connectivity index (χ1) is 9.04. The lowest BCUT2D eigenvalue weighted by Gasteiger charge is -2.27. The fraction of sp³-hybridized carbons (Fsp3) is 0.538. The van der Waals surface area contributed by atoms with E-state index in [9.17, 15) is 8.42 Å². The fourth-order valence-electron chi connectivity index (χ4n) is 2.00. The minimum atomic E-state index is -2.86. The summed E-state index contributed by atoms with van der Waals surface area (Å²) < 4.78 is 33.1. The van der Waals surface area contributed by atoms with Crippen molar-refractivity contribution in [1.29, 1.82) is 0 Å². The average molecular weight is 285 g/mol. The molecule has 6 heteroatoms. The van der Waals surface area contributed by atoms with Gasteiger partial charge < -0.3 is 14.8 Å². The Morgan fingerprint density at radius 2 is 2.05 bits per heavy atom. The lowest BCUT2D eigenvalue weighted by atomic mass is 10.1. The number of nitrogens with one attached hydrogen (secondary N) is 1. The van der Waals surface area contributed by atoms with Gasteiger partial charge in [-0.1, -0.05) is 6.07 Å². The van der Waals surface area contributed by atoms with Gasteiger partial charge in [-0.25, -0.2) is 8.42 Å². The minimum Gasteiger partial charge on any atom is -0.493 e. The maximum Gasteiger partial charge on any atom is 0.161 e. The first kappa shape index (κ1) is 14.1. The summed E-state index contributed by atoms with van der Waals surface area (Å²) in [4.78, 5) is 0. The molecule has 0 radical (unpaired) electrons. The third-order valence-corrected chi connectivity index (χ3v) is 4.82. The van der Waals surface area contributed by atoms with Crippen LogP contribution in [0.25, 0.3) is 0 Å². The molecule has 1 aliphatic rings. The van der Waals surface area contributed by atoms with Crippen LogP contribution in [-0.2, 0) is 16.3 Å². The second-order valence-corrected chi connectivity index (χ2v) is 6.81. The first-order valence-electron chi connectivity index (χ1n) is 6.22. The smallest absolute Gasteiger partial charge is 0.161 e. The lowest BCUT2D eigenvalue weighted by molar-refractivity contribution is 0.219. The van der Waals surface area contributed by atoms with Gasteiger partial charge >= 0.3 is 0 Å². The average Bonchev–Trinajstić information content (AvgIpc) is 2.35. The van der Waals surface area contributed by atoms with Crippen molar-refractivity contribution in [1.82, 2.24) is 5.32 Å². The third-order valence-electron chi connectivity index (χ3n) is 3.06.